The number of hydrogen-bond donors (Lipinski definition) is 0. The highest BCUT2D eigenvalue weighted by Crippen LogP contribution is 2.67. The van der Waals surface area contributed by atoms with E-state index in [1.807, 2.05) is 0 Å². The van der Waals surface area contributed by atoms with Crippen LogP contribution in [0.5, 0.6) is 0 Å². The van der Waals surface area contributed by atoms with Crippen molar-refractivity contribution in [2.24, 2.45) is 0 Å². The molecule has 0 N–H and O–H groups in total. The van der Waals surface area contributed by atoms with E-state index in [1.54, 1.807) is 0 Å². The Balaban J connectivity index is 3.87. The maximum Gasteiger partial charge on any atom is 0.220 e. The van der Waals surface area contributed by atoms with E-state index >= 15 is 0 Å². The van der Waals surface area contributed by atoms with E-state index in [9.17, 15) is 0 Å². The highest BCUT2D eigenvalue weighted by atomic mass is 79.9. The van der Waals surface area contributed by atoms with Crippen LogP contribution in [0.2, 0.25) is 15.1 Å². The first kappa shape index (κ1) is 20.7. The number of halogens is 2. The topological polar surface area (TPSA) is 0 Å². The summed E-state index contributed by atoms with van der Waals surface area (Å²) in [6.45, 7) is 22.2. The second-order valence-corrected chi connectivity index (χ2v) is 36.4. The van der Waals surface area contributed by atoms with Crippen LogP contribution in [0.4, 0.5) is 0 Å². The molecule has 0 heterocycles. The summed E-state index contributed by atoms with van der Waals surface area (Å²) >= 11 is 8.68. The number of benzene rings is 1. The molecule has 0 fully saturated rings. The molecule has 0 unspecified atom stereocenters. The molecular weight excluding hydrogens is 432 g/mol. The summed E-state index contributed by atoms with van der Waals surface area (Å²) in [6.07, 6.45) is 0. The molecule has 126 valence electrons. The van der Waals surface area contributed by atoms with Crippen LogP contribution >= 0.6 is 30.6 Å². The van der Waals surface area contributed by atoms with Crippen molar-refractivity contribution in [1.82, 2.24) is 0 Å². The van der Waals surface area contributed by atoms with Gasteiger partial charge < -0.3 is 0 Å². The van der Waals surface area contributed by atoms with Crippen molar-refractivity contribution < 1.29 is 0 Å². The lowest BCUT2D eigenvalue weighted by Crippen LogP contribution is -2.75. The molecule has 0 aliphatic carbocycles. The molecule has 0 bridgehead atoms. The number of hydrogen-bond acceptors (Lipinski definition) is 0. The smallest absolute Gasteiger partial charge is 0.109 e. The molecule has 22 heavy (non-hydrogen) atoms. The lowest BCUT2D eigenvalue weighted by atomic mass is 10.2. The Bertz CT molecular complexity index is 467. The first-order valence-electron chi connectivity index (χ1n) is 8.04. The average Bonchev–Trinajstić information content (AvgIpc) is 2.23. The van der Waals surface area contributed by atoms with E-state index in [0.717, 1.165) is 0 Å². The van der Waals surface area contributed by atoms with E-state index in [-0.39, 0.29) is 15.1 Å². The van der Waals surface area contributed by atoms with Gasteiger partial charge >= 0.3 is 0 Å². The predicted molar refractivity (Wildman–Crippen MR) is 115 cm³/mol. The summed E-state index contributed by atoms with van der Waals surface area (Å²) in [5.41, 5.74) is 0. The zero-order valence-electron chi connectivity index (χ0n) is 15.6. The zero-order valence-corrected chi connectivity index (χ0v) is 20.8. The molecule has 4 heteroatoms. The van der Waals surface area contributed by atoms with Crippen molar-refractivity contribution in [2.45, 2.75) is 77.4 Å². The van der Waals surface area contributed by atoms with Crippen LogP contribution < -0.4 is 5.19 Å². The van der Waals surface area contributed by atoms with Gasteiger partial charge in [-0.15, -0.1) is 30.6 Å². The molecule has 0 saturated heterocycles. The highest BCUT2D eigenvalue weighted by molar-refractivity contribution is 9.54. The summed E-state index contributed by atoms with van der Waals surface area (Å²) in [4.78, 5) is -2.00. The molecule has 0 nitrogen and oxygen atoms in total. The van der Waals surface area contributed by atoms with Gasteiger partial charge in [0.2, 0.25) is 4.83 Å². The van der Waals surface area contributed by atoms with Crippen LogP contribution in [-0.2, 0) is 0 Å². The fourth-order valence-electron chi connectivity index (χ4n) is 5.65. The third-order valence-electron chi connectivity index (χ3n) is 4.98. The largest absolute Gasteiger partial charge is 0.220 e. The minimum absolute atomic E-state index is 0.276. The van der Waals surface area contributed by atoms with Gasteiger partial charge in [0, 0.05) is 0 Å². The minimum Gasteiger partial charge on any atom is -0.109 e. The van der Waals surface area contributed by atoms with Crippen LogP contribution in [-0.4, -0.2) is 12.4 Å². The monoisotopic (exact) mass is 462 g/mol. The SMILES string of the molecule is CC(C)(C)[Si](C(C)(C)C)(C(C)(C)C)[Si](Br)(Br)c1ccccc1. The van der Waals surface area contributed by atoms with Gasteiger partial charge in [0.1, 0.15) is 0 Å². The fraction of sp³-hybridized carbons (Fsp3) is 0.667. The molecule has 0 atom stereocenters. The van der Waals surface area contributed by atoms with Gasteiger partial charge in [-0.3, -0.25) is 0 Å². The normalized spacial score (nSPS) is 15.0. The average molecular weight is 464 g/mol. The Kier molecular flexibility index (Phi) is 5.78. The quantitative estimate of drug-likeness (QED) is 0.325. The van der Waals surface area contributed by atoms with Gasteiger partial charge in [-0.25, -0.2) is 0 Å². The lowest BCUT2D eigenvalue weighted by molar-refractivity contribution is 0.555. The summed E-state index contributed by atoms with van der Waals surface area (Å²) in [5, 5.41) is 2.30. The molecule has 0 radical (unpaired) electrons. The predicted octanol–water partition coefficient (Wildman–Crippen LogP) is 7.05. The van der Waals surface area contributed by atoms with Gasteiger partial charge in [-0.05, 0) is 20.3 Å². The molecule has 1 rings (SSSR count). The molecular formula is C18H32Br2Si2. The van der Waals surface area contributed by atoms with Crippen LogP contribution in [0.3, 0.4) is 0 Å². The van der Waals surface area contributed by atoms with Gasteiger partial charge in [0.05, 0.1) is 7.59 Å². The Morgan fingerprint density at radius 1 is 0.636 bits per heavy atom. The summed E-state index contributed by atoms with van der Waals surface area (Å²) in [6, 6.07) is 11.1. The van der Waals surface area contributed by atoms with Crippen molar-refractivity contribution in [3.63, 3.8) is 0 Å². The maximum atomic E-state index is 4.34. The first-order valence-corrected chi connectivity index (χ1v) is 17.6. The number of rotatable bonds is 2. The molecule has 0 aliphatic rings. The Labute approximate surface area is 155 Å². The Hall–Kier alpha value is 0.614. The van der Waals surface area contributed by atoms with E-state index in [2.05, 4.69) is 123 Å². The van der Waals surface area contributed by atoms with Crippen molar-refractivity contribution in [2.75, 3.05) is 0 Å². The molecule has 0 saturated carbocycles. The fourth-order valence-corrected chi connectivity index (χ4v) is 60.3. The van der Waals surface area contributed by atoms with Crippen molar-refractivity contribution >= 4 is 48.2 Å². The van der Waals surface area contributed by atoms with Crippen molar-refractivity contribution in [3.05, 3.63) is 30.3 Å². The standard InChI is InChI=1S/C18H32Br2Si2/c1-16(2,3)22(17(4,5)6,18(7,8)9)21(19,20)15-13-11-10-12-14-15/h10-14H,1-9H3. The van der Waals surface area contributed by atoms with Crippen LogP contribution in [0.1, 0.15) is 62.3 Å². The van der Waals surface area contributed by atoms with Crippen molar-refractivity contribution in [3.8, 4) is 0 Å². The van der Waals surface area contributed by atoms with Crippen LogP contribution in [0.25, 0.3) is 0 Å². The second kappa shape index (κ2) is 6.16. The lowest BCUT2D eigenvalue weighted by Gasteiger charge is -2.64. The van der Waals surface area contributed by atoms with Gasteiger partial charge in [-0.2, -0.15) is 0 Å². The second-order valence-electron chi connectivity index (χ2n) is 9.44. The van der Waals surface area contributed by atoms with Gasteiger partial charge in [-0.1, -0.05) is 92.6 Å². The first-order chi connectivity index (χ1) is 9.61. The molecule has 0 aliphatic heterocycles. The van der Waals surface area contributed by atoms with Gasteiger partial charge in [0.25, 0.3) is 0 Å². The Morgan fingerprint density at radius 2 is 0.955 bits per heavy atom. The van der Waals surface area contributed by atoms with E-state index < -0.39 is 12.4 Å². The summed E-state index contributed by atoms with van der Waals surface area (Å²) in [5.74, 6) is 0. The summed E-state index contributed by atoms with van der Waals surface area (Å²) in [7, 11) is -1.90. The molecule has 0 aromatic heterocycles. The van der Waals surface area contributed by atoms with E-state index in [1.165, 1.54) is 5.19 Å². The van der Waals surface area contributed by atoms with E-state index in [4.69, 9.17) is 0 Å². The zero-order chi connectivity index (χ0) is 17.6. The molecule has 1 aromatic carbocycles. The van der Waals surface area contributed by atoms with Crippen molar-refractivity contribution in [1.29, 1.82) is 0 Å². The third kappa shape index (κ3) is 3.10. The highest BCUT2D eigenvalue weighted by Gasteiger charge is 2.70. The molecule has 0 spiro atoms. The maximum absolute atomic E-state index is 4.34. The Morgan fingerprint density at radius 3 is 1.23 bits per heavy atom. The van der Waals surface area contributed by atoms with Crippen LogP contribution in [0, 0.1) is 0 Å². The molecule has 0 amide bonds. The van der Waals surface area contributed by atoms with Gasteiger partial charge in [0.15, 0.2) is 0 Å². The molecule has 1 aromatic rings. The minimum atomic E-state index is -2.00. The van der Waals surface area contributed by atoms with Crippen LogP contribution in [0.15, 0.2) is 30.3 Å². The summed E-state index contributed by atoms with van der Waals surface area (Å²) < 4.78 is 0. The van der Waals surface area contributed by atoms with E-state index in [0.29, 0.717) is 0 Å². The third-order valence-corrected chi connectivity index (χ3v) is 37.6.